The van der Waals surface area contributed by atoms with Gasteiger partial charge in [0.25, 0.3) is 5.91 Å². The molecule has 0 saturated carbocycles. The molecule has 0 aliphatic carbocycles. The third-order valence-electron chi connectivity index (χ3n) is 2.44. The highest BCUT2D eigenvalue weighted by Crippen LogP contribution is 2.28. The molecule has 0 saturated heterocycles. The molecule has 0 aliphatic rings. The smallest absolute Gasteiger partial charge is 0.281 e. The minimum atomic E-state index is -0.399. The maximum Gasteiger partial charge on any atom is 0.281 e. The first-order valence-corrected chi connectivity index (χ1v) is 6.49. The summed E-state index contributed by atoms with van der Waals surface area (Å²) in [4.78, 5) is 16.2. The van der Waals surface area contributed by atoms with E-state index >= 15 is 0 Å². The van der Waals surface area contributed by atoms with Gasteiger partial charge in [0.1, 0.15) is 5.69 Å². The van der Waals surface area contributed by atoms with Crippen LogP contribution in [0.1, 0.15) is 16.2 Å². The molecule has 19 heavy (non-hydrogen) atoms. The fraction of sp³-hybridized carbons (Fsp3) is 0.0909. The topological polar surface area (TPSA) is 80.9 Å². The molecule has 1 amide bonds. The van der Waals surface area contributed by atoms with Crippen molar-refractivity contribution in [1.82, 2.24) is 15.3 Å². The van der Waals surface area contributed by atoms with Crippen LogP contribution in [-0.4, -0.2) is 21.2 Å². The highest BCUT2D eigenvalue weighted by Gasteiger charge is 2.16. The Balaban J connectivity index is 1.89. The number of aromatic nitrogens is 3. The molecule has 1 aromatic carbocycles. The number of hydrogen-bond donors (Lipinski definition) is 1. The number of benzene rings is 1. The van der Waals surface area contributed by atoms with Gasteiger partial charge in [-0.05, 0) is 30.3 Å². The van der Waals surface area contributed by atoms with Crippen LogP contribution in [0, 0.1) is 6.92 Å². The van der Waals surface area contributed by atoms with Gasteiger partial charge in [0.15, 0.2) is 10.8 Å². The molecular weight excluding hydrogens is 288 g/mol. The summed E-state index contributed by atoms with van der Waals surface area (Å²) in [5, 5.41) is 10.9. The molecule has 0 spiro atoms. The van der Waals surface area contributed by atoms with Crippen LogP contribution in [-0.2, 0) is 0 Å². The van der Waals surface area contributed by atoms with Gasteiger partial charge in [-0.2, -0.15) is 0 Å². The Bertz CT molecular complexity index is 767. The number of fused-ring (bicyclic) bond motifs is 1. The summed E-state index contributed by atoms with van der Waals surface area (Å²) in [5.74, 6) is -0.399. The molecule has 8 heteroatoms. The summed E-state index contributed by atoms with van der Waals surface area (Å²) < 4.78 is 5.38. The van der Waals surface area contributed by atoms with Crippen molar-refractivity contribution < 1.29 is 9.42 Å². The van der Waals surface area contributed by atoms with Crippen molar-refractivity contribution in [3.8, 4) is 0 Å². The molecule has 96 valence electrons. The minimum Gasteiger partial charge on any atom is -0.296 e. The van der Waals surface area contributed by atoms with Crippen molar-refractivity contribution in [3.05, 3.63) is 34.6 Å². The molecule has 3 rings (SSSR count). The number of rotatable bonds is 2. The fourth-order valence-corrected chi connectivity index (χ4v) is 2.68. The lowest BCUT2D eigenvalue weighted by atomic mass is 10.3. The Labute approximate surface area is 116 Å². The number of carbonyl (C=O) groups excluding carboxylic acids is 1. The lowest BCUT2D eigenvalue weighted by Crippen LogP contribution is -2.13. The van der Waals surface area contributed by atoms with Gasteiger partial charge in [0, 0.05) is 5.02 Å². The molecule has 2 aromatic heterocycles. The van der Waals surface area contributed by atoms with Gasteiger partial charge >= 0.3 is 0 Å². The maximum atomic E-state index is 11.9. The molecule has 0 atom stereocenters. The number of nitrogens with one attached hydrogen (secondary N) is 1. The molecule has 0 radical (unpaired) electrons. The second kappa shape index (κ2) is 4.60. The van der Waals surface area contributed by atoms with Gasteiger partial charge in [-0.15, -0.1) is 0 Å². The first kappa shape index (κ1) is 12.1. The van der Waals surface area contributed by atoms with E-state index in [9.17, 15) is 4.79 Å². The van der Waals surface area contributed by atoms with E-state index < -0.39 is 5.91 Å². The number of hydrogen-bond acceptors (Lipinski definition) is 6. The normalized spacial score (nSPS) is 10.8. The number of amides is 1. The van der Waals surface area contributed by atoms with Gasteiger partial charge < -0.3 is 0 Å². The average Bonchev–Trinajstić information content (AvgIpc) is 2.94. The minimum absolute atomic E-state index is 0.150. The van der Waals surface area contributed by atoms with E-state index in [-0.39, 0.29) is 5.69 Å². The molecule has 6 nitrogen and oxygen atoms in total. The quantitative estimate of drug-likeness (QED) is 0.786. The number of anilines is 1. The van der Waals surface area contributed by atoms with E-state index in [1.807, 2.05) is 0 Å². The highest BCUT2D eigenvalue weighted by molar-refractivity contribution is 7.22. The zero-order chi connectivity index (χ0) is 13.4. The van der Waals surface area contributed by atoms with Gasteiger partial charge in [0.05, 0.1) is 10.2 Å². The van der Waals surface area contributed by atoms with Crippen LogP contribution in [0.2, 0.25) is 5.02 Å². The standard InChI is InChI=1S/C11H7ClN4O2S/c1-5-9(16-18-15-5)10(17)14-11-13-7-3-2-6(12)4-8(7)19-11/h2-4H,1H3,(H,13,14,17). The first-order valence-electron chi connectivity index (χ1n) is 5.30. The largest absolute Gasteiger partial charge is 0.296 e. The Morgan fingerprint density at radius 3 is 3.00 bits per heavy atom. The van der Waals surface area contributed by atoms with Gasteiger partial charge in [0.2, 0.25) is 0 Å². The second-order valence-electron chi connectivity index (χ2n) is 3.78. The zero-order valence-corrected chi connectivity index (χ0v) is 11.2. The Hall–Kier alpha value is -1.99. The van der Waals surface area contributed by atoms with Crippen LogP contribution in [0.4, 0.5) is 5.13 Å². The van der Waals surface area contributed by atoms with Crippen LogP contribution in [0.5, 0.6) is 0 Å². The van der Waals surface area contributed by atoms with E-state index in [2.05, 4.69) is 25.2 Å². The van der Waals surface area contributed by atoms with E-state index in [0.29, 0.717) is 15.8 Å². The third-order valence-corrected chi connectivity index (χ3v) is 3.61. The molecule has 3 aromatic rings. The lowest BCUT2D eigenvalue weighted by Gasteiger charge is -1.96. The summed E-state index contributed by atoms with van der Waals surface area (Å²) in [5.41, 5.74) is 1.36. The highest BCUT2D eigenvalue weighted by atomic mass is 35.5. The van der Waals surface area contributed by atoms with E-state index in [1.54, 1.807) is 25.1 Å². The number of nitrogens with zero attached hydrogens (tertiary/aromatic N) is 3. The van der Waals surface area contributed by atoms with Gasteiger partial charge in [-0.25, -0.2) is 9.61 Å². The molecule has 2 heterocycles. The Kier molecular flexibility index (Phi) is 2.92. The Morgan fingerprint density at radius 1 is 1.42 bits per heavy atom. The SMILES string of the molecule is Cc1nonc1C(=O)Nc1nc2ccc(Cl)cc2s1. The molecular formula is C11H7ClN4O2S. The van der Waals surface area contributed by atoms with Crippen molar-refractivity contribution >= 4 is 44.2 Å². The summed E-state index contributed by atoms with van der Waals surface area (Å²) in [6, 6.07) is 5.35. The van der Waals surface area contributed by atoms with Crippen LogP contribution in [0.15, 0.2) is 22.8 Å². The maximum absolute atomic E-state index is 11.9. The molecule has 0 fully saturated rings. The lowest BCUT2D eigenvalue weighted by molar-refractivity contribution is 0.101. The molecule has 1 N–H and O–H groups in total. The summed E-state index contributed by atoms with van der Waals surface area (Å²) in [6.07, 6.45) is 0. The van der Waals surface area contributed by atoms with E-state index in [0.717, 1.165) is 10.2 Å². The molecule has 0 bridgehead atoms. The van der Waals surface area contributed by atoms with Crippen molar-refractivity contribution in [3.63, 3.8) is 0 Å². The number of carbonyl (C=O) groups is 1. The van der Waals surface area contributed by atoms with E-state index in [1.165, 1.54) is 11.3 Å². The predicted molar refractivity (Wildman–Crippen MR) is 71.6 cm³/mol. The Morgan fingerprint density at radius 2 is 2.26 bits per heavy atom. The third kappa shape index (κ3) is 2.29. The van der Waals surface area contributed by atoms with Crippen LogP contribution in [0.25, 0.3) is 10.2 Å². The monoisotopic (exact) mass is 294 g/mol. The molecule has 0 aliphatic heterocycles. The number of aryl methyl sites for hydroxylation is 1. The van der Waals surface area contributed by atoms with Crippen LogP contribution < -0.4 is 5.32 Å². The zero-order valence-electron chi connectivity index (χ0n) is 9.68. The van der Waals surface area contributed by atoms with Crippen LogP contribution >= 0.6 is 22.9 Å². The van der Waals surface area contributed by atoms with Crippen molar-refractivity contribution in [2.45, 2.75) is 6.92 Å². The van der Waals surface area contributed by atoms with Crippen molar-refractivity contribution in [2.75, 3.05) is 5.32 Å². The van der Waals surface area contributed by atoms with Crippen molar-refractivity contribution in [2.24, 2.45) is 0 Å². The first-order chi connectivity index (χ1) is 9.13. The molecule has 0 unspecified atom stereocenters. The van der Waals surface area contributed by atoms with Gasteiger partial charge in [-0.1, -0.05) is 28.1 Å². The van der Waals surface area contributed by atoms with Gasteiger partial charge in [-0.3, -0.25) is 10.1 Å². The number of thiazole rings is 1. The summed E-state index contributed by atoms with van der Waals surface area (Å²) >= 11 is 7.23. The number of halogens is 1. The van der Waals surface area contributed by atoms with E-state index in [4.69, 9.17) is 11.6 Å². The average molecular weight is 295 g/mol. The summed E-state index contributed by atoms with van der Waals surface area (Å²) in [6.45, 7) is 1.64. The predicted octanol–water partition coefficient (Wildman–Crippen LogP) is 2.89. The fourth-order valence-electron chi connectivity index (χ4n) is 1.55. The van der Waals surface area contributed by atoms with Crippen LogP contribution in [0.3, 0.4) is 0 Å². The summed E-state index contributed by atoms with van der Waals surface area (Å²) in [7, 11) is 0. The van der Waals surface area contributed by atoms with Crippen molar-refractivity contribution in [1.29, 1.82) is 0 Å². The second-order valence-corrected chi connectivity index (χ2v) is 5.25.